The van der Waals surface area contributed by atoms with E-state index in [0.29, 0.717) is 5.88 Å². The molecule has 0 bridgehead atoms. The number of fused-ring (bicyclic) bond motifs is 1. The van der Waals surface area contributed by atoms with Crippen molar-refractivity contribution in [1.82, 2.24) is 19.6 Å². The van der Waals surface area contributed by atoms with Crippen molar-refractivity contribution in [3.8, 4) is 17.1 Å². The fourth-order valence-electron chi connectivity index (χ4n) is 3.05. The molecule has 136 valence electrons. The molecule has 0 unspecified atom stereocenters. The maximum Gasteiger partial charge on any atom is 0.212 e. The second-order valence-electron chi connectivity index (χ2n) is 6.50. The van der Waals surface area contributed by atoms with Crippen LogP contribution in [0.5, 0.6) is 5.88 Å². The molecule has 0 aliphatic heterocycles. The lowest BCUT2D eigenvalue weighted by atomic mass is 10.1. The Morgan fingerprint density at radius 3 is 2.63 bits per heavy atom. The maximum absolute atomic E-state index is 5.12. The highest BCUT2D eigenvalue weighted by molar-refractivity contribution is 5.63. The van der Waals surface area contributed by atoms with Gasteiger partial charge in [-0.3, -0.25) is 0 Å². The molecule has 1 aromatic carbocycles. The predicted molar refractivity (Wildman–Crippen MR) is 106 cm³/mol. The highest BCUT2D eigenvalue weighted by Gasteiger charge is 2.09. The zero-order valence-corrected chi connectivity index (χ0v) is 15.6. The molecule has 0 atom stereocenters. The number of hydrogen-bond donors (Lipinski definition) is 1. The van der Waals surface area contributed by atoms with E-state index in [1.54, 1.807) is 19.5 Å². The minimum absolute atomic E-state index is 0.580. The monoisotopic (exact) mass is 359 g/mol. The van der Waals surface area contributed by atoms with Crippen molar-refractivity contribution >= 4 is 11.5 Å². The Labute approximate surface area is 157 Å². The summed E-state index contributed by atoms with van der Waals surface area (Å²) in [7, 11) is 1.60. The number of imidazole rings is 1. The van der Waals surface area contributed by atoms with Gasteiger partial charge in [-0.15, -0.1) is 5.10 Å². The average Bonchev–Trinajstić information content (AvgIpc) is 3.10. The second kappa shape index (κ2) is 7.07. The summed E-state index contributed by atoms with van der Waals surface area (Å²) in [6, 6.07) is 14.2. The topological polar surface area (TPSA) is 64.3 Å². The number of hydrogen-bond acceptors (Lipinski definition) is 5. The van der Waals surface area contributed by atoms with Crippen LogP contribution in [-0.4, -0.2) is 26.7 Å². The first-order valence-corrected chi connectivity index (χ1v) is 8.79. The van der Waals surface area contributed by atoms with Crippen LogP contribution in [0.25, 0.3) is 16.9 Å². The Kier molecular flexibility index (Phi) is 4.46. The smallest absolute Gasteiger partial charge is 0.212 e. The third kappa shape index (κ3) is 3.46. The summed E-state index contributed by atoms with van der Waals surface area (Å²) in [5.74, 6) is 1.37. The number of rotatable bonds is 5. The van der Waals surface area contributed by atoms with Crippen LogP contribution in [0.1, 0.15) is 16.7 Å². The number of methoxy groups -OCH3 is 1. The first kappa shape index (κ1) is 17.0. The van der Waals surface area contributed by atoms with Crippen molar-refractivity contribution in [2.75, 3.05) is 12.4 Å². The van der Waals surface area contributed by atoms with Crippen LogP contribution in [-0.2, 0) is 6.54 Å². The number of nitrogens with zero attached hydrogens (tertiary/aromatic N) is 4. The van der Waals surface area contributed by atoms with Gasteiger partial charge >= 0.3 is 0 Å². The van der Waals surface area contributed by atoms with E-state index in [4.69, 9.17) is 9.84 Å². The minimum atomic E-state index is 0.580. The van der Waals surface area contributed by atoms with Gasteiger partial charge in [0.25, 0.3) is 0 Å². The van der Waals surface area contributed by atoms with Gasteiger partial charge in [-0.1, -0.05) is 23.8 Å². The van der Waals surface area contributed by atoms with Crippen molar-refractivity contribution in [2.24, 2.45) is 0 Å². The summed E-state index contributed by atoms with van der Waals surface area (Å²) in [4.78, 5) is 8.70. The van der Waals surface area contributed by atoms with Gasteiger partial charge in [0.2, 0.25) is 5.88 Å². The van der Waals surface area contributed by atoms with Crippen LogP contribution < -0.4 is 10.1 Å². The van der Waals surface area contributed by atoms with E-state index in [-0.39, 0.29) is 0 Å². The van der Waals surface area contributed by atoms with Crippen molar-refractivity contribution in [1.29, 1.82) is 0 Å². The van der Waals surface area contributed by atoms with Crippen molar-refractivity contribution in [3.63, 3.8) is 0 Å². The molecule has 6 heteroatoms. The van der Waals surface area contributed by atoms with Gasteiger partial charge in [-0.2, -0.15) is 0 Å². The summed E-state index contributed by atoms with van der Waals surface area (Å²) in [5, 5.41) is 8.11. The molecule has 0 amide bonds. The fraction of sp³-hybridized carbons (Fsp3) is 0.190. The summed E-state index contributed by atoms with van der Waals surface area (Å²) in [6.07, 6.45) is 3.57. The predicted octanol–water partition coefficient (Wildman–Crippen LogP) is 4.03. The molecule has 27 heavy (non-hydrogen) atoms. The lowest BCUT2D eigenvalue weighted by Crippen LogP contribution is -2.06. The Bertz CT molecular complexity index is 1090. The molecule has 0 aliphatic rings. The largest absolute Gasteiger partial charge is 0.481 e. The highest BCUT2D eigenvalue weighted by Crippen LogP contribution is 2.22. The van der Waals surface area contributed by atoms with E-state index < -0.39 is 0 Å². The number of pyridine rings is 1. The molecule has 0 aliphatic carbocycles. The van der Waals surface area contributed by atoms with E-state index in [9.17, 15) is 0 Å². The lowest BCUT2D eigenvalue weighted by Gasteiger charge is -2.10. The molecular formula is C21H21N5O. The Morgan fingerprint density at radius 2 is 1.89 bits per heavy atom. The van der Waals surface area contributed by atoms with Crippen LogP contribution in [0.2, 0.25) is 0 Å². The van der Waals surface area contributed by atoms with Crippen LogP contribution in [0, 0.1) is 13.8 Å². The number of aryl methyl sites for hydroxylation is 2. The van der Waals surface area contributed by atoms with Gasteiger partial charge in [-0.05, 0) is 43.2 Å². The van der Waals surface area contributed by atoms with Crippen molar-refractivity contribution < 1.29 is 4.74 Å². The average molecular weight is 359 g/mol. The second-order valence-corrected chi connectivity index (χ2v) is 6.50. The molecule has 4 rings (SSSR count). The lowest BCUT2D eigenvalue weighted by molar-refractivity contribution is 0.398. The molecule has 0 radical (unpaired) electrons. The standard InChI is InChI=1S/C21H21N5O/c1-14-4-5-16(15(2)10-14)11-22-19-7-8-20-23-13-18(26(20)25-19)17-6-9-21(27-3)24-12-17/h4-10,12-13H,11H2,1-3H3,(H,22,25). The van der Waals surface area contributed by atoms with Crippen LogP contribution in [0.4, 0.5) is 5.82 Å². The fourth-order valence-corrected chi connectivity index (χ4v) is 3.05. The van der Waals surface area contributed by atoms with Crippen LogP contribution in [0.15, 0.2) is 54.9 Å². The highest BCUT2D eigenvalue weighted by atomic mass is 16.5. The first-order chi connectivity index (χ1) is 13.1. The Balaban J connectivity index is 1.61. The Hall–Kier alpha value is -3.41. The van der Waals surface area contributed by atoms with Crippen LogP contribution in [0.3, 0.4) is 0 Å². The zero-order chi connectivity index (χ0) is 18.8. The number of anilines is 1. The van der Waals surface area contributed by atoms with Crippen LogP contribution >= 0.6 is 0 Å². The molecule has 0 spiro atoms. The summed E-state index contributed by atoms with van der Waals surface area (Å²) in [5.41, 5.74) is 6.41. The van der Waals surface area contributed by atoms with Gasteiger partial charge in [-0.25, -0.2) is 14.5 Å². The molecule has 3 aromatic heterocycles. The third-order valence-corrected chi connectivity index (χ3v) is 4.56. The van der Waals surface area contributed by atoms with Gasteiger partial charge < -0.3 is 10.1 Å². The SMILES string of the molecule is COc1ccc(-c2cnc3ccc(NCc4ccc(C)cc4C)nn23)cn1. The summed E-state index contributed by atoms with van der Waals surface area (Å²) in [6.45, 7) is 4.96. The van der Waals surface area contributed by atoms with Gasteiger partial charge in [0.15, 0.2) is 5.65 Å². The molecule has 0 saturated heterocycles. The van der Waals surface area contributed by atoms with E-state index in [1.807, 2.05) is 28.8 Å². The number of benzene rings is 1. The van der Waals surface area contributed by atoms with Gasteiger partial charge in [0.05, 0.1) is 19.0 Å². The minimum Gasteiger partial charge on any atom is -0.481 e. The quantitative estimate of drug-likeness (QED) is 0.583. The summed E-state index contributed by atoms with van der Waals surface area (Å²) >= 11 is 0. The molecule has 4 aromatic rings. The third-order valence-electron chi connectivity index (χ3n) is 4.56. The summed E-state index contributed by atoms with van der Waals surface area (Å²) < 4.78 is 6.95. The molecule has 0 saturated carbocycles. The number of aromatic nitrogens is 4. The molecule has 0 fully saturated rings. The van der Waals surface area contributed by atoms with Crippen molar-refractivity contribution in [2.45, 2.75) is 20.4 Å². The molecule has 6 nitrogen and oxygen atoms in total. The molecule has 3 heterocycles. The Morgan fingerprint density at radius 1 is 1.00 bits per heavy atom. The van der Waals surface area contributed by atoms with Crippen molar-refractivity contribution in [3.05, 3.63) is 71.5 Å². The normalized spacial score (nSPS) is 10.9. The number of nitrogens with one attached hydrogen (secondary N) is 1. The van der Waals surface area contributed by atoms with E-state index in [1.165, 1.54) is 16.7 Å². The van der Waals surface area contributed by atoms with Gasteiger partial charge in [0, 0.05) is 24.4 Å². The van der Waals surface area contributed by atoms with E-state index >= 15 is 0 Å². The van der Waals surface area contributed by atoms with Gasteiger partial charge in [0.1, 0.15) is 5.82 Å². The molecular weight excluding hydrogens is 338 g/mol. The zero-order valence-electron chi connectivity index (χ0n) is 15.6. The van der Waals surface area contributed by atoms with E-state index in [2.05, 4.69) is 47.3 Å². The maximum atomic E-state index is 5.12. The first-order valence-electron chi connectivity index (χ1n) is 8.79. The van der Waals surface area contributed by atoms with E-state index in [0.717, 1.165) is 29.3 Å². The molecule has 1 N–H and O–H groups in total. The number of ether oxygens (including phenoxy) is 1.